The number of hydrogen-bond donors (Lipinski definition) is 1. The van der Waals surface area contributed by atoms with Crippen LogP contribution in [0.5, 0.6) is 0 Å². The number of likely N-dealkylation sites (N-methyl/N-ethyl adjacent to an activating group) is 1. The van der Waals surface area contributed by atoms with Crippen LogP contribution in [0.1, 0.15) is 6.92 Å². The molecule has 0 rings (SSSR count). The summed E-state index contributed by atoms with van der Waals surface area (Å²) in [7, 11) is 1.85. The van der Waals surface area contributed by atoms with E-state index in [1.165, 1.54) is 0 Å². The lowest BCUT2D eigenvalue weighted by Gasteiger charge is -2.05. The highest BCUT2D eigenvalue weighted by atomic mass is 35.5. The third kappa shape index (κ3) is 11.5. The first-order valence-electron chi connectivity index (χ1n) is 4.33. The molecule has 0 atom stereocenters. The Hall–Kier alpha value is -0.520. The summed E-state index contributed by atoms with van der Waals surface area (Å²) in [6.07, 6.45) is -0.639. The fraction of sp³-hybridized carbons (Fsp3) is 0.875. The Labute approximate surface area is 90.5 Å². The predicted molar refractivity (Wildman–Crippen MR) is 55.0 cm³/mol. The molecule has 0 aliphatic heterocycles. The van der Waals surface area contributed by atoms with Crippen LogP contribution in [0.2, 0.25) is 0 Å². The first-order valence-corrected chi connectivity index (χ1v) is 4.33. The average molecular weight is 228 g/mol. The molecule has 5 nitrogen and oxygen atoms in total. The Balaban J connectivity index is 0. The highest BCUT2D eigenvalue weighted by Crippen LogP contribution is 1.85. The zero-order valence-corrected chi connectivity index (χ0v) is 9.39. The van der Waals surface area contributed by atoms with E-state index in [2.05, 4.69) is 14.8 Å². The van der Waals surface area contributed by atoms with Gasteiger partial charge in [-0.3, -0.25) is 0 Å². The number of rotatable bonds is 7. The zero-order valence-electron chi connectivity index (χ0n) is 8.58. The van der Waals surface area contributed by atoms with Gasteiger partial charge in [-0.25, -0.2) is 4.79 Å². The van der Waals surface area contributed by atoms with Gasteiger partial charge in [0.05, 0.1) is 19.8 Å². The van der Waals surface area contributed by atoms with Gasteiger partial charge in [0.1, 0.15) is 6.61 Å². The molecule has 0 fully saturated rings. The Bertz CT molecular complexity index is 135. The van der Waals surface area contributed by atoms with Crippen LogP contribution in [-0.2, 0) is 14.2 Å². The molecule has 14 heavy (non-hydrogen) atoms. The maximum atomic E-state index is 10.6. The third-order valence-corrected chi connectivity index (χ3v) is 1.21. The minimum absolute atomic E-state index is 0. The average Bonchev–Trinajstić information content (AvgIpc) is 2.11. The van der Waals surface area contributed by atoms with Gasteiger partial charge in [0.15, 0.2) is 0 Å². The second-order valence-electron chi connectivity index (χ2n) is 2.25. The molecule has 0 aliphatic carbocycles. The lowest BCUT2D eigenvalue weighted by Crippen LogP contribution is -2.17. The first-order chi connectivity index (χ1) is 6.31. The Kier molecular flexibility index (Phi) is 14.2. The maximum Gasteiger partial charge on any atom is 0.508 e. The van der Waals surface area contributed by atoms with Crippen molar-refractivity contribution in [2.24, 2.45) is 0 Å². The SMILES string of the molecule is CCOC(=O)OCCOCCNC.Cl. The van der Waals surface area contributed by atoms with Crippen molar-refractivity contribution in [3.8, 4) is 0 Å². The standard InChI is InChI=1S/C8H17NO4.ClH/c1-3-12-8(10)13-7-6-11-5-4-9-2;/h9H,3-7H2,1-2H3;1H. The number of ether oxygens (including phenoxy) is 3. The molecule has 0 amide bonds. The highest BCUT2D eigenvalue weighted by Gasteiger charge is 2.00. The molecule has 0 saturated carbocycles. The van der Waals surface area contributed by atoms with Gasteiger partial charge in [-0.05, 0) is 14.0 Å². The number of hydrogen-bond acceptors (Lipinski definition) is 5. The van der Waals surface area contributed by atoms with Crippen molar-refractivity contribution in [1.82, 2.24) is 5.32 Å². The summed E-state index contributed by atoms with van der Waals surface area (Å²) in [6, 6.07) is 0. The minimum Gasteiger partial charge on any atom is -0.435 e. The molecule has 0 spiro atoms. The van der Waals surface area contributed by atoms with E-state index in [4.69, 9.17) is 4.74 Å². The van der Waals surface area contributed by atoms with Crippen molar-refractivity contribution in [3.05, 3.63) is 0 Å². The second kappa shape index (κ2) is 12.5. The van der Waals surface area contributed by atoms with Crippen LogP contribution in [0.25, 0.3) is 0 Å². The van der Waals surface area contributed by atoms with Crippen molar-refractivity contribution in [3.63, 3.8) is 0 Å². The smallest absolute Gasteiger partial charge is 0.435 e. The molecule has 0 aromatic rings. The molecular weight excluding hydrogens is 210 g/mol. The largest absolute Gasteiger partial charge is 0.508 e. The second-order valence-corrected chi connectivity index (χ2v) is 2.25. The summed E-state index contributed by atoms with van der Waals surface area (Å²) < 4.78 is 14.3. The highest BCUT2D eigenvalue weighted by molar-refractivity contribution is 5.85. The summed E-state index contributed by atoms with van der Waals surface area (Å²) in [4.78, 5) is 10.6. The number of nitrogens with one attached hydrogen (secondary N) is 1. The predicted octanol–water partition coefficient (Wildman–Crippen LogP) is 0.817. The molecule has 86 valence electrons. The number of carbonyl (C=O) groups is 1. The van der Waals surface area contributed by atoms with Crippen molar-refractivity contribution in [2.75, 3.05) is 40.0 Å². The van der Waals surface area contributed by atoms with Crippen LogP contribution < -0.4 is 5.32 Å². The van der Waals surface area contributed by atoms with E-state index in [0.29, 0.717) is 19.8 Å². The van der Waals surface area contributed by atoms with E-state index in [9.17, 15) is 4.79 Å². The molecule has 0 radical (unpaired) electrons. The van der Waals surface area contributed by atoms with E-state index >= 15 is 0 Å². The van der Waals surface area contributed by atoms with Crippen LogP contribution in [0, 0.1) is 0 Å². The Morgan fingerprint density at radius 3 is 2.50 bits per heavy atom. The maximum absolute atomic E-state index is 10.6. The topological polar surface area (TPSA) is 56.8 Å². The van der Waals surface area contributed by atoms with Gasteiger partial charge in [0, 0.05) is 6.54 Å². The van der Waals surface area contributed by atoms with Crippen molar-refractivity contribution < 1.29 is 19.0 Å². The third-order valence-electron chi connectivity index (χ3n) is 1.21. The van der Waals surface area contributed by atoms with Crippen molar-refractivity contribution in [1.29, 1.82) is 0 Å². The monoisotopic (exact) mass is 227 g/mol. The Morgan fingerprint density at radius 2 is 1.93 bits per heavy atom. The first kappa shape index (κ1) is 15.9. The summed E-state index contributed by atoms with van der Waals surface area (Å²) in [6.45, 7) is 4.11. The van der Waals surface area contributed by atoms with Gasteiger partial charge < -0.3 is 19.5 Å². The van der Waals surface area contributed by atoms with Gasteiger partial charge in [0.25, 0.3) is 0 Å². The van der Waals surface area contributed by atoms with E-state index in [0.717, 1.165) is 6.54 Å². The van der Waals surface area contributed by atoms with E-state index in [-0.39, 0.29) is 19.0 Å². The molecule has 1 N–H and O–H groups in total. The normalized spacial score (nSPS) is 9.00. The quantitative estimate of drug-likeness (QED) is 0.516. The summed E-state index contributed by atoms with van der Waals surface area (Å²) >= 11 is 0. The van der Waals surface area contributed by atoms with Crippen LogP contribution in [0.15, 0.2) is 0 Å². The molecule has 0 unspecified atom stereocenters. The summed E-state index contributed by atoms with van der Waals surface area (Å²) in [5.41, 5.74) is 0. The summed E-state index contributed by atoms with van der Waals surface area (Å²) in [5, 5.41) is 2.93. The van der Waals surface area contributed by atoms with Crippen molar-refractivity contribution in [2.45, 2.75) is 6.92 Å². The van der Waals surface area contributed by atoms with Gasteiger partial charge >= 0.3 is 6.16 Å². The fourth-order valence-corrected chi connectivity index (χ4v) is 0.620. The van der Waals surface area contributed by atoms with Gasteiger partial charge in [0.2, 0.25) is 0 Å². The van der Waals surface area contributed by atoms with Gasteiger partial charge in [-0.15, -0.1) is 12.4 Å². The molecule has 0 aromatic carbocycles. The van der Waals surface area contributed by atoms with Crippen molar-refractivity contribution >= 4 is 18.6 Å². The van der Waals surface area contributed by atoms with E-state index in [1.807, 2.05) is 7.05 Å². The molecular formula is C8H18ClNO4. The lowest BCUT2D eigenvalue weighted by molar-refractivity contribution is 0.0302. The molecule has 0 heterocycles. The zero-order chi connectivity index (χ0) is 9.94. The Morgan fingerprint density at radius 1 is 1.21 bits per heavy atom. The molecule has 0 bridgehead atoms. The van der Waals surface area contributed by atoms with Gasteiger partial charge in [-0.2, -0.15) is 0 Å². The van der Waals surface area contributed by atoms with Crippen LogP contribution in [0.3, 0.4) is 0 Å². The molecule has 0 saturated heterocycles. The van der Waals surface area contributed by atoms with E-state index in [1.54, 1.807) is 6.92 Å². The fourth-order valence-electron chi connectivity index (χ4n) is 0.620. The lowest BCUT2D eigenvalue weighted by atomic mass is 10.7. The van der Waals surface area contributed by atoms with Crippen LogP contribution >= 0.6 is 12.4 Å². The van der Waals surface area contributed by atoms with Crippen LogP contribution in [-0.4, -0.2) is 46.2 Å². The number of halogens is 1. The number of carbonyl (C=O) groups excluding carboxylic acids is 1. The van der Waals surface area contributed by atoms with Gasteiger partial charge in [-0.1, -0.05) is 0 Å². The minimum atomic E-state index is -0.639. The molecule has 6 heteroatoms. The van der Waals surface area contributed by atoms with E-state index < -0.39 is 6.16 Å². The van der Waals surface area contributed by atoms with Crippen LogP contribution in [0.4, 0.5) is 4.79 Å². The summed E-state index contributed by atoms with van der Waals surface area (Å²) in [5.74, 6) is 0. The molecule has 0 aromatic heterocycles. The molecule has 0 aliphatic rings.